The topological polar surface area (TPSA) is 52.9 Å². The van der Waals surface area contributed by atoms with Gasteiger partial charge in [0, 0.05) is 16.2 Å². The van der Waals surface area contributed by atoms with Crippen molar-refractivity contribution in [2.45, 2.75) is 0 Å². The molecule has 4 heteroatoms. The molecular weight excluding hydrogens is 272 g/mol. The van der Waals surface area contributed by atoms with E-state index in [0.717, 1.165) is 16.8 Å². The molecule has 0 spiro atoms. The third-order valence-corrected chi connectivity index (χ3v) is 3.35. The first kappa shape index (κ1) is 12.5. The van der Waals surface area contributed by atoms with E-state index in [9.17, 15) is 4.79 Å². The van der Waals surface area contributed by atoms with Crippen molar-refractivity contribution in [3.05, 3.63) is 64.2 Å². The summed E-state index contributed by atoms with van der Waals surface area (Å²) in [6.07, 6.45) is 1.80. The average Bonchev–Trinajstić information content (AvgIpc) is 2.75. The van der Waals surface area contributed by atoms with Gasteiger partial charge >= 0.3 is 0 Å². The summed E-state index contributed by atoms with van der Waals surface area (Å²) in [7, 11) is 0. The van der Waals surface area contributed by atoms with Crippen molar-refractivity contribution in [3.63, 3.8) is 0 Å². The van der Waals surface area contributed by atoms with Crippen LogP contribution in [-0.4, -0.2) is 5.91 Å². The molecular formula is C16H9ClN2O. The highest BCUT2D eigenvalue weighted by Crippen LogP contribution is 2.34. The predicted molar refractivity (Wildman–Crippen MR) is 79.1 cm³/mol. The van der Waals surface area contributed by atoms with Crippen LogP contribution in [0.5, 0.6) is 0 Å². The molecule has 2 aromatic carbocycles. The van der Waals surface area contributed by atoms with E-state index in [0.29, 0.717) is 16.2 Å². The standard InChI is InChI=1S/C16H9ClN2O/c17-12-5-6-13-14(16(20)19-15(13)8-12)7-10-1-3-11(9-18)4-2-10/h1-8H,(H,19,20)/b14-7-. The highest BCUT2D eigenvalue weighted by molar-refractivity contribution is 6.36. The van der Waals surface area contributed by atoms with E-state index in [1.807, 2.05) is 18.2 Å². The highest BCUT2D eigenvalue weighted by atomic mass is 35.5. The van der Waals surface area contributed by atoms with Crippen LogP contribution in [0.1, 0.15) is 16.7 Å². The monoisotopic (exact) mass is 280 g/mol. The zero-order valence-corrected chi connectivity index (χ0v) is 11.1. The molecule has 3 nitrogen and oxygen atoms in total. The van der Waals surface area contributed by atoms with Gasteiger partial charge in [-0.15, -0.1) is 0 Å². The lowest BCUT2D eigenvalue weighted by atomic mass is 10.0. The number of rotatable bonds is 1. The zero-order valence-electron chi connectivity index (χ0n) is 10.4. The quantitative estimate of drug-likeness (QED) is 0.810. The van der Waals surface area contributed by atoms with Gasteiger partial charge in [-0.25, -0.2) is 0 Å². The number of anilines is 1. The normalized spacial score (nSPS) is 14.8. The summed E-state index contributed by atoms with van der Waals surface area (Å²) in [6.45, 7) is 0. The van der Waals surface area contributed by atoms with Crippen LogP contribution in [0.3, 0.4) is 0 Å². The fourth-order valence-electron chi connectivity index (χ4n) is 2.13. The maximum atomic E-state index is 12.0. The van der Waals surface area contributed by atoms with Gasteiger partial charge in [-0.2, -0.15) is 5.26 Å². The van der Waals surface area contributed by atoms with E-state index in [-0.39, 0.29) is 5.91 Å². The Kier molecular flexibility index (Phi) is 3.02. The van der Waals surface area contributed by atoms with E-state index in [1.165, 1.54) is 0 Å². The molecule has 0 aliphatic carbocycles. The van der Waals surface area contributed by atoms with Gasteiger partial charge in [0.2, 0.25) is 0 Å². The van der Waals surface area contributed by atoms with Crippen molar-refractivity contribution in [1.29, 1.82) is 5.26 Å². The van der Waals surface area contributed by atoms with Crippen LogP contribution in [0.25, 0.3) is 11.6 Å². The van der Waals surface area contributed by atoms with Gasteiger partial charge in [-0.05, 0) is 35.9 Å². The molecule has 0 radical (unpaired) electrons. The van der Waals surface area contributed by atoms with Gasteiger partial charge in [0.15, 0.2) is 0 Å². The van der Waals surface area contributed by atoms with Crippen LogP contribution in [0, 0.1) is 11.3 Å². The Hall–Kier alpha value is -2.57. The molecule has 0 bridgehead atoms. The number of amides is 1. The Morgan fingerprint density at radius 2 is 1.90 bits per heavy atom. The van der Waals surface area contributed by atoms with Crippen LogP contribution >= 0.6 is 11.6 Å². The second kappa shape index (κ2) is 4.84. The number of halogens is 1. The van der Waals surface area contributed by atoms with Crippen LogP contribution in [0.15, 0.2) is 42.5 Å². The van der Waals surface area contributed by atoms with Crippen molar-refractivity contribution in [2.24, 2.45) is 0 Å². The molecule has 2 aromatic rings. The second-order valence-electron chi connectivity index (χ2n) is 4.44. The predicted octanol–water partition coefficient (Wildman–Crippen LogP) is 3.70. The number of nitriles is 1. The number of hydrogen-bond donors (Lipinski definition) is 1. The van der Waals surface area contributed by atoms with E-state index in [1.54, 1.807) is 30.3 Å². The third-order valence-electron chi connectivity index (χ3n) is 3.12. The summed E-state index contributed by atoms with van der Waals surface area (Å²) in [4.78, 5) is 12.0. The molecule has 0 aromatic heterocycles. The number of benzene rings is 2. The first-order chi connectivity index (χ1) is 9.67. The van der Waals surface area contributed by atoms with Crippen LogP contribution in [0.4, 0.5) is 5.69 Å². The largest absolute Gasteiger partial charge is 0.321 e. The van der Waals surface area contributed by atoms with Crippen molar-refractivity contribution >= 4 is 34.8 Å². The summed E-state index contributed by atoms with van der Waals surface area (Å²) >= 11 is 5.91. The lowest BCUT2D eigenvalue weighted by Gasteiger charge is -1.99. The Morgan fingerprint density at radius 1 is 1.15 bits per heavy atom. The number of carbonyl (C=O) groups excluding carboxylic acids is 1. The number of nitrogens with zero attached hydrogens (tertiary/aromatic N) is 1. The summed E-state index contributed by atoms with van der Waals surface area (Å²) in [5, 5.41) is 12.1. The molecule has 20 heavy (non-hydrogen) atoms. The first-order valence-electron chi connectivity index (χ1n) is 6.00. The van der Waals surface area contributed by atoms with E-state index in [4.69, 9.17) is 16.9 Å². The fraction of sp³-hybridized carbons (Fsp3) is 0. The smallest absolute Gasteiger partial charge is 0.256 e. The van der Waals surface area contributed by atoms with E-state index >= 15 is 0 Å². The maximum Gasteiger partial charge on any atom is 0.256 e. The maximum absolute atomic E-state index is 12.0. The number of hydrogen-bond acceptors (Lipinski definition) is 2. The van der Waals surface area contributed by atoms with Crippen molar-refractivity contribution < 1.29 is 4.79 Å². The number of fused-ring (bicyclic) bond motifs is 1. The van der Waals surface area contributed by atoms with Gasteiger partial charge in [-0.3, -0.25) is 4.79 Å². The molecule has 1 N–H and O–H groups in total. The summed E-state index contributed by atoms with van der Waals surface area (Å²) in [6, 6.07) is 14.4. The number of nitrogens with one attached hydrogen (secondary N) is 1. The Labute approximate surface area is 121 Å². The Balaban J connectivity index is 2.04. The molecule has 1 aliphatic heterocycles. The number of carbonyl (C=O) groups is 1. The van der Waals surface area contributed by atoms with Crippen molar-refractivity contribution in [3.8, 4) is 6.07 Å². The molecule has 0 unspecified atom stereocenters. The van der Waals surface area contributed by atoms with Crippen LogP contribution in [0.2, 0.25) is 5.02 Å². The van der Waals surface area contributed by atoms with Crippen LogP contribution < -0.4 is 5.32 Å². The van der Waals surface area contributed by atoms with E-state index in [2.05, 4.69) is 11.4 Å². The molecule has 1 amide bonds. The minimum absolute atomic E-state index is 0.147. The molecule has 0 atom stereocenters. The minimum atomic E-state index is -0.147. The summed E-state index contributed by atoms with van der Waals surface area (Å²) in [5.41, 5.74) is 3.62. The summed E-state index contributed by atoms with van der Waals surface area (Å²) < 4.78 is 0. The Bertz CT molecular complexity index is 770. The molecule has 96 valence electrons. The zero-order chi connectivity index (χ0) is 14.1. The first-order valence-corrected chi connectivity index (χ1v) is 6.38. The highest BCUT2D eigenvalue weighted by Gasteiger charge is 2.23. The molecule has 3 rings (SSSR count). The van der Waals surface area contributed by atoms with Gasteiger partial charge in [0.1, 0.15) is 0 Å². The van der Waals surface area contributed by atoms with Gasteiger partial charge < -0.3 is 5.32 Å². The van der Waals surface area contributed by atoms with Crippen LogP contribution in [-0.2, 0) is 4.79 Å². The van der Waals surface area contributed by atoms with Crippen molar-refractivity contribution in [1.82, 2.24) is 0 Å². The van der Waals surface area contributed by atoms with Gasteiger partial charge in [0.25, 0.3) is 5.91 Å². The molecule has 1 aliphatic rings. The fourth-order valence-corrected chi connectivity index (χ4v) is 2.30. The minimum Gasteiger partial charge on any atom is -0.321 e. The molecule has 0 saturated carbocycles. The summed E-state index contributed by atoms with van der Waals surface area (Å²) in [5.74, 6) is -0.147. The lowest BCUT2D eigenvalue weighted by Crippen LogP contribution is -2.03. The van der Waals surface area contributed by atoms with Gasteiger partial charge in [-0.1, -0.05) is 29.8 Å². The second-order valence-corrected chi connectivity index (χ2v) is 4.87. The third kappa shape index (κ3) is 2.18. The average molecular weight is 281 g/mol. The van der Waals surface area contributed by atoms with E-state index < -0.39 is 0 Å². The van der Waals surface area contributed by atoms with Gasteiger partial charge in [0.05, 0.1) is 17.3 Å². The lowest BCUT2D eigenvalue weighted by molar-refractivity contribution is -0.110. The molecule has 0 fully saturated rings. The SMILES string of the molecule is N#Cc1ccc(/C=C2\C(=O)Nc3cc(Cl)ccc32)cc1. The molecule has 1 heterocycles. The molecule has 0 saturated heterocycles. The Morgan fingerprint density at radius 3 is 2.60 bits per heavy atom. The van der Waals surface area contributed by atoms with Crippen molar-refractivity contribution in [2.75, 3.05) is 5.32 Å².